The van der Waals surface area contributed by atoms with Gasteiger partial charge in [0.05, 0.1) is 19.6 Å². The third-order valence-corrected chi connectivity index (χ3v) is 4.49. The highest BCUT2D eigenvalue weighted by Gasteiger charge is 2.30. The Kier molecular flexibility index (Phi) is 4.35. The highest BCUT2D eigenvalue weighted by Crippen LogP contribution is 2.41. The van der Waals surface area contributed by atoms with Crippen LogP contribution < -0.4 is 0 Å². The van der Waals surface area contributed by atoms with Crippen LogP contribution in [0.15, 0.2) is 30.3 Å². The van der Waals surface area contributed by atoms with Crippen molar-refractivity contribution in [2.45, 2.75) is 11.6 Å². The lowest BCUT2D eigenvalue weighted by atomic mass is 10.1. The topological polar surface area (TPSA) is 0 Å². The van der Waals surface area contributed by atoms with Crippen molar-refractivity contribution >= 4 is 46.1 Å². The second kappa shape index (κ2) is 5.52. The van der Waals surface area contributed by atoms with Crippen molar-refractivity contribution < 1.29 is 13.2 Å². The van der Waals surface area contributed by atoms with E-state index in [9.17, 15) is 13.2 Å². The zero-order chi connectivity index (χ0) is 14.2. The summed E-state index contributed by atoms with van der Waals surface area (Å²) in [4.78, 5) is 0. The normalized spacial score (nSPS) is 13.6. The van der Waals surface area contributed by atoms with E-state index in [-0.39, 0.29) is 0 Å². The first-order valence-electron chi connectivity index (χ1n) is 5.05. The fourth-order valence-electron chi connectivity index (χ4n) is 1.55. The van der Waals surface area contributed by atoms with E-state index in [2.05, 4.69) is 0 Å². The van der Waals surface area contributed by atoms with Crippen molar-refractivity contribution in [1.82, 2.24) is 0 Å². The SMILES string of the molecule is FC(F)(F)c1ccc(C(Cl)c2cc(Cl)sc2Cl)cc1. The molecule has 0 bridgehead atoms. The summed E-state index contributed by atoms with van der Waals surface area (Å²) in [6, 6.07) is 6.27. The van der Waals surface area contributed by atoms with Gasteiger partial charge in [0.25, 0.3) is 0 Å². The minimum absolute atomic E-state index is 0.435. The summed E-state index contributed by atoms with van der Waals surface area (Å²) >= 11 is 19.1. The van der Waals surface area contributed by atoms with Gasteiger partial charge in [0.15, 0.2) is 0 Å². The minimum atomic E-state index is -4.36. The Morgan fingerprint density at radius 1 is 1.05 bits per heavy atom. The lowest BCUT2D eigenvalue weighted by Crippen LogP contribution is -2.04. The highest BCUT2D eigenvalue weighted by molar-refractivity contribution is 7.20. The molecule has 102 valence electrons. The molecule has 19 heavy (non-hydrogen) atoms. The average molecular weight is 346 g/mol. The molecular weight excluding hydrogens is 340 g/mol. The van der Waals surface area contributed by atoms with Gasteiger partial charge < -0.3 is 0 Å². The van der Waals surface area contributed by atoms with Crippen LogP contribution >= 0.6 is 46.1 Å². The lowest BCUT2D eigenvalue weighted by molar-refractivity contribution is -0.137. The molecule has 1 heterocycles. The molecule has 1 atom stereocenters. The maximum atomic E-state index is 12.4. The van der Waals surface area contributed by atoms with Gasteiger partial charge in [-0.05, 0) is 23.8 Å². The summed E-state index contributed by atoms with van der Waals surface area (Å²) in [7, 11) is 0. The Labute approximate surface area is 126 Å². The molecule has 1 aromatic carbocycles. The standard InChI is InChI=1S/C12H6Cl3F3S/c13-9-5-8(11(15)19-9)10(14)6-1-3-7(4-2-6)12(16,17)18/h1-5,10H. The molecule has 0 amide bonds. The van der Waals surface area contributed by atoms with Crippen LogP contribution in [0.25, 0.3) is 0 Å². The number of hydrogen-bond acceptors (Lipinski definition) is 1. The van der Waals surface area contributed by atoms with Crippen LogP contribution in [-0.4, -0.2) is 0 Å². The first-order chi connectivity index (χ1) is 8.79. The van der Waals surface area contributed by atoms with Crippen molar-refractivity contribution in [3.8, 4) is 0 Å². The molecule has 1 aromatic heterocycles. The van der Waals surface area contributed by atoms with E-state index in [4.69, 9.17) is 34.8 Å². The molecular formula is C12H6Cl3F3S. The maximum absolute atomic E-state index is 12.4. The fourth-order valence-corrected chi connectivity index (χ4v) is 3.52. The van der Waals surface area contributed by atoms with Gasteiger partial charge in [-0.25, -0.2) is 0 Å². The van der Waals surface area contributed by atoms with E-state index in [1.54, 1.807) is 6.07 Å². The summed E-state index contributed by atoms with van der Waals surface area (Å²) in [5.41, 5.74) is 0.415. The van der Waals surface area contributed by atoms with Crippen molar-refractivity contribution in [2.75, 3.05) is 0 Å². The molecule has 0 fully saturated rings. The molecule has 1 unspecified atom stereocenters. The molecule has 0 spiro atoms. The van der Waals surface area contributed by atoms with Crippen LogP contribution in [0.4, 0.5) is 13.2 Å². The Hall–Kier alpha value is -0.420. The highest BCUT2D eigenvalue weighted by atomic mass is 35.5. The number of hydrogen-bond donors (Lipinski definition) is 0. The van der Waals surface area contributed by atoms with E-state index >= 15 is 0 Å². The largest absolute Gasteiger partial charge is 0.416 e. The smallest absolute Gasteiger partial charge is 0.166 e. The number of benzene rings is 1. The third-order valence-electron chi connectivity index (χ3n) is 2.49. The van der Waals surface area contributed by atoms with Crippen LogP contribution in [-0.2, 0) is 6.18 Å². The molecule has 7 heteroatoms. The third kappa shape index (κ3) is 3.37. The molecule has 0 saturated carbocycles. The van der Waals surface area contributed by atoms with E-state index in [1.165, 1.54) is 23.5 Å². The van der Waals surface area contributed by atoms with Crippen LogP contribution in [0.5, 0.6) is 0 Å². The molecule has 2 aromatic rings. The average Bonchev–Trinajstić information content (AvgIpc) is 2.66. The van der Waals surface area contributed by atoms with Crippen molar-refractivity contribution in [2.24, 2.45) is 0 Å². The number of rotatable bonds is 2. The first kappa shape index (κ1) is 15.0. The second-order valence-electron chi connectivity index (χ2n) is 3.76. The summed E-state index contributed by atoms with van der Waals surface area (Å²) in [6.45, 7) is 0. The Morgan fingerprint density at radius 3 is 2.05 bits per heavy atom. The van der Waals surface area contributed by atoms with Gasteiger partial charge in [-0.2, -0.15) is 13.2 Å². The number of halogens is 6. The lowest BCUT2D eigenvalue weighted by Gasteiger charge is -2.11. The maximum Gasteiger partial charge on any atom is 0.416 e. The number of thiophene rings is 1. The first-order valence-corrected chi connectivity index (χ1v) is 7.06. The molecule has 0 aliphatic carbocycles. The van der Waals surface area contributed by atoms with Gasteiger partial charge in [0.1, 0.15) is 0 Å². The molecule has 0 aliphatic rings. The van der Waals surface area contributed by atoms with E-state index in [0.717, 1.165) is 12.1 Å². The Balaban J connectivity index is 2.30. The second-order valence-corrected chi connectivity index (χ2v) is 6.48. The van der Waals surface area contributed by atoms with Gasteiger partial charge in [-0.3, -0.25) is 0 Å². The molecule has 0 radical (unpaired) electrons. The van der Waals surface area contributed by atoms with Crippen LogP contribution in [0.2, 0.25) is 8.67 Å². The summed E-state index contributed by atoms with van der Waals surface area (Å²) in [6.07, 6.45) is -4.36. The van der Waals surface area contributed by atoms with Crippen LogP contribution in [0.3, 0.4) is 0 Å². The van der Waals surface area contributed by atoms with Gasteiger partial charge in [-0.15, -0.1) is 22.9 Å². The monoisotopic (exact) mass is 344 g/mol. The van der Waals surface area contributed by atoms with Crippen LogP contribution in [0, 0.1) is 0 Å². The van der Waals surface area contributed by atoms with Gasteiger partial charge in [0, 0.05) is 5.56 Å². The molecule has 0 aliphatic heterocycles. The predicted molar refractivity (Wildman–Crippen MR) is 73.5 cm³/mol. The van der Waals surface area contributed by atoms with Gasteiger partial charge >= 0.3 is 6.18 Å². The van der Waals surface area contributed by atoms with Gasteiger partial charge in [-0.1, -0.05) is 35.3 Å². The number of alkyl halides is 4. The molecule has 0 saturated heterocycles. The molecule has 2 rings (SSSR count). The van der Waals surface area contributed by atoms with Crippen molar-refractivity contribution in [3.63, 3.8) is 0 Å². The minimum Gasteiger partial charge on any atom is -0.166 e. The predicted octanol–water partition coefficient (Wildman–Crippen LogP) is 6.40. The van der Waals surface area contributed by atoms with E-state index < -0.39 is 17.1 Å². The Morgan fingerprint density at radius 2 is 1.63 bits per heavy atom. The summed E-state index contributed by atoms with van der Waals surface area (Å²) in [5.74, 6) is 0. The Bertz CT molecular complexity index is 575. The van der Waals surface area contributed by atoms with Crippen molar-refractivity contribution in [3.05, 3.63) is 55.7 Å². The van der Waals surface area contributed by atoms with Crippen LogP contribution in [0.1, 0.15) is 22.1 Å². The molecule has 0 N–H and O–H groups in total. The van der Waals surface area contributed by atoms with E-state index in [1.807, 2.05) is 0 Å². The summed E-state index contributed by atoms with van der Waals surface area (Å²) < 4.78 is 38.2. The summed E-state index contributed by atoms with van der Waals surface area (Å²) in [5, 5.41) is -0.626. The molecule has 0 nitrogen and oxygen atoms in total. The zero-order valence-electron chi connectivity index (χ0n) is 9.14. The van der Waals surface area contributed by atoms with Gasteiger partial charge in [0.2, 0.25) is 0 Å². The van der Waals surface area contributed by atoms with Crippen molar-refractivity contribution in [1.29, 1.82) is 0 Å². The van der Waals surface area contributed by atoms with E-state index in [0.29, 0.717) is 19.8 Å². The fraction of sp³-hybridized carbons (Fsp3) is 0.167. The zero-order valence-corrected chi connectivity index (χ0v) is 12.2. The quantitative estimate of drug-likeness (QED) is 0.552.